The zero-order valence-corrected chi connectivity index (χ0v) is 10.9. The first-order valence-electron chi connectivity index (χ1n) is 5.29. The topological polar surface area (TPSA) is 43.4 Å². The van der Waals surface area contributed by atoms with Crippen molar-refractivity contribution in [3.05, 3.63) is 0 Å². The van der Waals surface area contributed by atoms with Crippen LogP contribution in [-0.2, 0) is 13.8 Å². The number of hydrogen-bond donors (Lipinski definition) is 0. The van der Waals surface area contributed by atoms with Gasteiger partial charge in [0.15, 0.2) is 0 Å². The summed E-state index contributed by atoms with van der Waals surface area (Å²) in [5, 5.41) is 0. The third-order valence-corrected chi connectivity index (χ3v) is 4.09. The molecule has 1 saturated carbocycles. The molecule has 1 aliphatic rings. The van der Waals surface area contributed by atoms with Crippen LogP contribution < -0.4 is 0 Å². The second-order valence-electron chi connectivity index (χ2n) is 5.16. The van der Waals surface area contributed by atoms with E-state index in [9.17, 15) is 8.42 Å². The van der Waals surface area contributed by atoms with E-state index in [-0.39, 0.29) is 5.75 Å². The Morgan fingerprint density at radius 3 is 2.40 bits per heavy atom. The summed E-state index contributed by atoms with van der Waals surface area (Å²) in [4.78, 5) is 0. The molecule has 0 heterocycles. The molecule has 0 aromatic rings. The first kappa shape index (κ1) is 13.3. The smallest absolute Gasteiger partial charge is 0.233 e. The van der Waals surface area contributed by atoms with E-state index in [1.165, 1.54) is 19.3 Å². The summed E-state index contributed by atoms with van der Waals surface area (Å²) >= 11 is 0. The van der Waals surface area contributed by atoms with Crippen molar-refractivity contribution in [1.82, 2.24) is 0 Å². The van der Waals surface area contributed by atoms with Gasteiger partial charge in [-0.1, -0.05) is 20.3 Å². The molecule has 90 valence electrons. The van der Waals surface area contributed by atoms with Crippen LogP contribution in [0.25, 0.3) is 0 Å². The molecule has 0 atom stereocenters. The van der Waals surface area contributed by atoms with E-state index in [1.807, 2.05) is 13.8 Å². The fourth-order valence-corrected chi connectivity index (χ4v) is 3.57. The Kier molecular flexibility index (Phi) is 4.44. The molecule has 1 aliphatic carbocycles. The van der Waals surface area contributed by atoms with Crippen LogP contribution in [0.4, 0.5) is 0 Å². The van der Waals surface area contributed by atoms with Gasteiger partial charge in [0.05, 0.1) is 12.4 Å². The Bertz CT molecular complexity index is 294. The Morgan fingerprint density at radius 2 is 2.00 bits per heavy atom. The maximum absolute atomic E-state index is 10.9. The molecule has 0 unspecified atom stereocenters. The van der Waals surface area contributed by atoms with Crippen LogP contribution in [0.2, 0.25) is 0 Å². The van der Waals surface area contributed by atoms with Crippen molar-refractivity contribution in [3.63, 3.8) is 0 Å². The predicted molar refractivity (Wildman–Crippen MR) is 61.6 cm³/mol. The SMILES string of the molecule is CC(C)(COCC1CCC1)CS(=O)(=O)Cl. The zero-order chi connectivity index (χ0) is 11.5. The lowest BCUT2D eigenvalue weighted by atomic mass is 9.86. The molecule has 15 heavy (non-hydrogen) atoms. The lowest BCUT2D eigenvalue weighted by Crippen LogP contribution is -2.29. The lowest BCUT2D eigenvalue weighted by molar-refractivity contribution is 0.0297. The van der Waals surface area contributed by atoms with Gasteiger partial charge < -0.3 is 4.74 Å². The van der Waals surface area contributed by atoms with E-state index >= 15 is 0 Å². The largest absolute Gasteiger partial charge is 0.381 e. The van der Waals surface area contributed by atoms with Crippen LogP contribution in [-0.4, -0.2) is 27.4 Å². The lowest BCUT2D eigenvalue weighted by Gasteiger charge is -2.28. The average molecular weight is 255 g/mol. The highest BCUT2D eigenvalue weighted by Gasteiger charge is 2.26. The average Bonchev–Trinajstić information content (AvgIpc) is 1.89. The number of hydrogen-bond acceptors (Lipinski definition) is 3. The van der Waals surface area contributed by atoms with Crippen molar-refractivity contribution in [2.75, 3.05) is 19.0 Å². The molecule has 0 aromatic heterocycles. The summed E-state index contributed by atoms with van der Waals surface area (Å²) in [6, 6.07) is 0. The standard InChI is InChI=1S/C10H19ClO3S/c1-10(2,8-15(11,12)13)7-14-6-9-4-3-5-9/h9H,3-8H2,1-2H3. The van der Waals surface area contributed by atoms with E-state index in [4.69, 9.17) is 15.4 Å². The van der Waals surface area contributed by atoms with Gasteiger partial charge in [0, 0.05) is 22.7 Å². The molecule has 1 rings (SSSR count). The Balaban J connectivity index is 2.22. The molecule has 0 aliphatic heterocycles. The monoisotopic (exact) mass is 254 g/mol. The molecule has 0 saturated heterocycles. The van der Waals surface area contributed by atoms with Crippen molar-refractivity contribution >= 4 is 19.7 Å². The van der Waals surface area contributed by atoms with Gasteiger partial charge in [-0.15, -0.1) is 0 Å². The maximum atomic E-state index is 10.9. The van der Waals surface area contributed by atoms with E-state index in [0.29, 0.717) is 12.5 Å². The van der Waals surface area contributed by atoms with Crippen molar-refractivity contribution in [1.29, 1.82) is 0 Å². The maximum Gasteiger partial charge on any atom is 0.233 e. The molecule has 3 nitrogen and oxygen atoms in total. The summed E-state index contributed by atoms with van der Waals surface area (Å²) in [5.41, 5.74) is -0.398. The first-order valence-corrected chi connectivity index (χ1v) is 7.76. The van der Waals surface area contributed by atoms with E-state index < -0.39 is 14.5 Å². The number of halogens is 1. The Labute approximate surface area is 96.6 Å². The van der Waals surface area contributed by atoms with Crippen molar-refractivity contribution in [2.24, 2.45) is 11.3 Å². The highest BCUT2D eigenvalue weighted by molar-refractivity contribution is 8.13. The van der Waals surface area contributed by atoms with Gasteiger partial charge in [-0.05, 0) is 18.8 Å². The van der Waals surface area contributed by atoms with Gasteiger partial charge in [-0.25, -0.2) is 8.42 Å². The summed E-state index contributed by atoms with van der Waals surface area (Å²) < 4.78 is 27.4. The molecule has 0 spiro atoms. The molecule has 0 aromatic carbocycles. The highest BCUT2D eigenvalue weighted by Crippen LogP contribution is 2.27. The van der Waals surface area contributed by atoms with Crippen LogP contribution in [0.3, 0.4) is 0 Å². The second-order valence-corrected chi connectivity index (χ2v) is 7.94. The van der Waals surface area contributed by atoms with E-state index in [2.05, 4.69) is 0 Å². The molecular formula is C10H19ClO3S. The van der Waals surface area contributed by atoms with Gasteiger partial charge in [0.1, 0.15) is 0 Å². The molecule has 0 N–H and O–H groups in total. The summed E-state index contributed by atoms with van der Waals surface area (Å²) in [6.07, 6.45) is 3.79. The minimum absolute atomic E-state index is 0.0355. The van der Waals surface area contributed by atoms with Gasteiger partial charge in [0.2, 0.25) is 9.05 Å². The van der Waals surface area contributed by atoms with Crippen LogP contribution in [0.1, 0.15) is 33.1 Å². The predicted octanol–water partition coefficient (Wildman–Crippen LogP) is 2.40. The summed E-state index contributed by atoms with van der Waals surface area (Å²) in [5.74, 6) is 0.653. The molecule has 0 amide bonds. The van der Waals surface area contributed by atoms with Crippen molar-refractivity contribution in [3.8, 4) is 0 Å². The van der Waals surface area contributed by atoms with Gasteiger partial charge in [-0.3, -0.25) is 0 Å². The zero-order valence-electron chi connectivity index (χ0n) is 9.33. The molecule has 5 heteroatoms. The fourth-order valence-electron chi connectivity index (χ4n) is 1.67. The number of ether oxygens (including phenoxy) is 1. The minimum atomic E-state index is -3.43. The third-order valence-electron chi connectivity index (χ3n) is 2.63. The van der Waals surface area contributed by atoms with Crippen LogP contribution in [0, 0.1) is 11.3 Å². The normalized spacial score (nSPS) is 18.9. The summed E-state index contributed by atoms with van der Waals surface area (Å²) in [6.45, 7) is 4.92. The molecule has 0 radical (unpaired) electrons. The minimum Gasteiger partial charge on any atom is -0.381 e. The van der Waals surface area contributed by atoms with Crippen molar-refractivity contribution < 1.29 is 13.2 Å². The third kappa shape index (κ3) is 5.73. The first-order chi connectivity index (χ1) is 6.79. The fraction of sp³-hybridized carbons (Fsp3) is 1.00. The summed E-state index contributed by atoms with van der Waals surface area (Å²) in [7, 11) is 1.78. The number of rotatable bonds is 6. The van der Waals surface area contributed by atoms with E-state index in [1.54, 1.807) is 0 Å². The second kappa shape index (κ2) is 5.02. The van der Waals surface area contributed by atoms with Gasteiger partial charge in [-0.2, -0.15) is 0 Å². The van der Waals surface area contributed by atoms with Crippen molar-refractivity contribution in [2.45, 2.75) is 33.1 Å². The molecule has 0 bridgehead atoms. The Hall–Kier alpha value is 0.200. The molecular weight excluding hydrogens is 236 g/mol. The van der Waals surface area contributed by atoms with Gasteiger partial charge >= 0.3 is 0 Å². The molecule has 1 fully saturated rings. The van der Waals surface area contributed by atoms with Crippen LogP contribution in [0.15, 0.2) is 0 Å². The van der Waals surface area contributed by atoms with Gasteiger partial charge in [0.25, 0.3) is 0 Å². The van der Waals surface area contributed by atoms with E-state index in [0.717, 1.165) is 6.61 Å². The highest BCUT2D eigenvalue weighted by atomic mass is 35.7. The van der Waals surface area contributed by atoms with Crippen LogP contribution in [0.5, 0.6) is 0 Å². The van der Waals surface area contributed by atoms with Crippen LogP contribution >= 0.6 is 10.7 Å². The Morgan fingerprint density at radius 1 is 1.40 bits per heavy atom. The quantitative estimate of drug-likeness (QED) is 0.684.